The molecule has 1 aromatic rings. The van der Waals surface area contributed by atoms with Crippen molar-refractivity contribution in [1.29, 1.82) is 0 Å². The van der Waals surface area contributed by atoms with E-state index in [-0.39, 0.29) is 54.0 Å². The van der Waals surface area contributed by atoms with E-state index in [1.54, 1.807) is 38.4 Å². The molecule has 57 heavy (non-hydrogen) atoms. The third-order valence-corrected chi connectivity index (χ3v) is 12.6. The maximum atomic E-state index is 14.3. The standard InChI is InChI=1S/C44H69N7O6/c1-11-22-46-41(45-7)33(24-30-17-14-13-15-18-30)48-42(53)29(6)40(57-10)34-19-16-23-51(34)36(52)26-35(56-9)39(28(5)12-2)50(8)44(55)37(27(3)4)49-43(54)38-31-20-21-32(25-31)47-38/h11,13-15,17-18,22,27-29,31-35,37-40,47H,7,12,16,19-21,23-26H2,1-6,8-10H3,(H,48,53)(H,49,54)/b22-11-,46-41-/t28-,29+,31-,32+,33-,34-,35+,37-,38-,39-,40+/m0/s1. The molecule has 4 rings (SSSR count). The largest absolute Gasteiger partial charge is 0.379 e. The molecule has 0 radical (unpaired) electrons. The molecular weight excluding hydrogens is 723 g/mol. The van der Waals surface area contributed by atoms with Crippen LogP contribution in [0.15, 0.2) is 52.6 Å². The van der Waals surface area contributed by atoms with Gasteiger partial charge in [0.2, 0.25) is 23.6 Å². The molecule has 316 valence electrons. The maximum Gasteiger partial charge on any atom is 0.245 e. The second kappa shape index (κ2) is 21.7. The molecule has 11 atom stereocenters. The molecule has 0 spiro atoms. The van der Waals surface area contributed by atoms with Crippen LogP contribution < -0.4 is 16.0 Å². The molecule has 2 heterocycles. The van der Waals surface area contributed by atoms with E-state index >= 15 is 0 Å². The van der Waals surface area contributed by atoms with Crippen LogP contribution in [-0.2, 0) is 35.1 Å². The fourth-order valence-electron chi connectivity index (χ4n) is 9.18. The van der Waals surface area contributed by atoms with Crippen molar-refractivity contribution in [1.82, 2.24) is 25.8 Å². The topological polar surface area (TPSA) is 154 Å². The predicted octanol–water partition coefficient (Wildman–Crippen LogP) is 4.55. The van der Waals surface area contributed by atoms with E-state index < -0.39 is 36.3 Å². The lowest BCUT2D eigenvalue weighted by molar-refractivity contribution is -0.147. The summed E-state index contributed by atoms with van der Waals surface area (Å²) in [6.45, 7) is 15.9. The first kappa shape index (κ1) is 45.8. The highest BCUT2D eigenvalue weighted by Crippen LogP contribution is 2.35. The number of allylic oxidation sites excluding steroid dienone is 1. The molecule has 3 fully saturated rings. The van der Waals surface area contributed by atoms with E-state index in [0.717, 1.165) is 37.7 Å². The number of carbonyl (C=O) groups excluding carboxylic acids is 4. The van der Waals surface area contributed by atoms with E-state index in [0.29, 0.717) is 37.2 Å². The van der Waals surface area contributed by atoms with Crippen LogP contribution in [-0.4, -0.2) is 122 Å². The summed E-state index contributed by atoms with van der Waals surface area (Å²) >= 11 is 0. The Labute approximate surface area is 340 Å². The van der Waals surface area contributed by atoms with Crippen LogP contribution in [0, 0.1) is 23.7 Å². The van der Waals surface area contributed by atoms with Crippen molar-refractivity contribution in [2.24, 2.45) is 33.7 Å². The van der Waals surface area contributed by atoms with Crippen LogP contribution >= 0.6 is 0 Å². The Morgan fingerprint density at radius 2 is 1.77 bits per heavy atom. The average Bonchev–Trinajstić information content (AvgIpc) is 3.99. The summed E-state index contributed by atoms with van der Waals surface area (Å²) in [6, 6.07) is 7.88. The van der Waals surface area contributed by atoms with Crippen LogP contribution in [0.4, 0.5) is 0 Å². The summed E-state index contributed by atoms with van der Waals surface area (Å²) in [5.41, 5.74) is 1.01. The molecular formula is C44H69N7O6. The minimum Gasteiger partial charge on any atom is -0.379 e. The third-order valence-electron chi connectivity index (χ3n) is 12.6. The maximum absolute atomic E-state index is 14.3. The van der Waals surface area contributed by atoms with E-state index in [9.17, 15) is 19.2 Å². The smallest absolute Gasteiger partial charge is 0.245 e. The molecule has 2 saturated heterocycles. The molecule has 0 aromatic heterocycles. The fourth-order valence-corrected chi connectivity index (χ4v) is 9.18. The Balaban J connectivity index is 1.48. The summed E-state index contributed by atoms with van der Waals surface area (Å²) in [7, 11) is 4.92. The normalized spacial score (nSPS) is 24.5. The lowest BCUT2D eigenvalue weighted by Gasteiger charge is -2.41. The van der Waals surface area contributed by atoms with Crippen LogP contribution in [0.25, 0.3) is 0 Å². The van der Waals surface area contributed by atoms with Crippen molar-refractivity contribution < 1.29 is 28.7 Å². The number of likely N-dealkylation sites (tertiary alicyclic amines) is 1. The van der Waals surface area contributed by atoms with Gasteiger partial charge < -0.3 is 35.2 Å². The van der Waals surface area contributed by atoms with Crippen LogP contribution in [0.3, 0.4) is 0 Å². The molecule has 3 aliphatic rings. The first-order valence-corrected chi connectivity index (χ1v) is 21.0. The minimum atomic E-state index is -0.721. The minimum absolute atomic E-state index is 0.00704. The van der Waals surface area contributed by atoms with Gasteiger partial charge in [-0.2, -0.15) is 0 Å². The van der Waals surface area contributed by atoms with E-state index in [1.165, 1.54) is 0 Å². The van der Waals surface area contributed by atoms with Gasteiger partial charge in [-0.05, 0) is 75.5 Å². The van der Waals surface area contributed by atoms with Gasteiger partial charge in [0.1, 0.15) is 11.9 Å². The molecule has 0 unspecified atom stereocenters. The molecule has 13 heteroatoms. The second-order valence-corrected chi connectivity index (χ2v) is 16.6. The lowest BCUT2D eigenvalue weighted by atomic mass is 9.89. The Morgan fingerprint density at radius 3 is 2.33 bits per heavy atom. The monoisotopic (exact) mass is 792 g/mol. The number of likely N-dealkylation sites (N-methyl/N-ethyl adjacent to an activating group) is 1. The number of methoxy groups -OCH3 is 2. The summed E-state index contributed by atoms with van der Waals surface area (Å²) in [5, 5.41) is 9.68. The van der Waals surface area contributed by atoms with Crippen LogP contribution in [0.2, 0.25) is 0 Å². The number of hydrogen-bond donors (Lipinski definition) is 3. The van der Waals surface area contributed by atoms with Gasteiger partial charge in [0, 0.05) is 40.1 Å². The summed E-state index contributed by atoms with van der Waals surface area (Å²) in [4.78, 5) is 68.2. The predicted molar refractivity (Wildman–Crippen MR) is 225 cm³/mol. The van der Waals surface area contributed by atoms with Gasteiger partial charge in [0.15, 0.2) is 0 Å². The molecule has 2 aliphatic heterocycles. The van der Waals surface area contributed by atoms with Crippen LogP contribution in [0.5, 0.6) is 0 Å². The van der Waals surface area contributed by atoms with Gasteiger partial charge in [-0.15, -0.1) is 0 Å². The quantitative estimate of drug-likeness (QED) is 0.129. The van der Waals surface area contributed by atoms with Gasteiger partial charge in [-0.1, -0.05) is 77.4 Å². The number of fused-ring (bicyclic) bond motifs is 2. The van der Waals surface area contributed by atoms with Gasteiger partial charge >= 0.3 is 0 Å². The zero-order chi connectivity index (χ0) is 41.8. The van der Waals surface area contributed by atoms with Crippen molar-refractivity contribution in [3.8, 4) is 0 Å². The van der Waals surface area contributed by atoms with Gasteiger partial charge in [0.25, 0.3) is 0 Å². The number of benzene rings is 1. The van der Waals surface area contributed by atoms with E-state index in [2.05, 4.69) is 46.5 Å². The molecule has 1 saturated carbocycles. The van der Waals surface area contributed by atoms with Crippen molar-refractivity contribution in [3.05, 3.63) is 48.2 Å². The number of amides is 4. The highest BCUT2D eigenvalue weighted by molar-refractivity contribution is 5.95. The Kier molecular flexibility index (Phi) is 17.4. The number of carbonyl (C=O) groups is 4. The van der Waals surface area contributed by atoms with Crippen molar-refractivity contribution in [3.63, 3.8) is 0 Å². The highest BCUT2D eigenvalue weighted by Gasteiger charge is 2.46. The number of nitrogens with zero attached hydrogens (tertiary/aromatic N) is 4. The van der Waals surface area contributed by atoms with Gasteiger partial charge in [-0.25, -0.2) is 9.98 Å². The number of aliphatic imine (C=N–C) groups is 2. The number of hydrogen-bond acceptors (Lipinski definition) is 8. The zero-order valence-corrected chi connectivity index (χ0v) is 35.8. The van der Waals surface area contributed by atoms with Crippen LogP contribution in [0.1, 0.15) is 92.1 Å². The Morgan fingerprint density at radius 1 is 1.05 bits per heavy atom. The Hall–Kier alpha value is -3.94. The summed E-state index contributed by atoms with van der Waals surface area (Å²) < 4.78 is 12.1. The first-order valence-electron chi connectivity index (χ1n) is 21.0. The first-order chi connectivity index (χ1) is 27.3. The van der Waals surface area contributed by atoms with Gasteiger partial charge in [-0.3, -0.25) is 19.2 Å². The molecule has 13 nitrogen and oxygen atoms in total. The number of nitrogens with one attached hydrogen (secondary N) is 3. The second-order valence-electron chi connectivity index (χ2n) is 16.6. The molecule has 3 N–H and O–H groups in total. The van der Waals surface area contributed by atoms with Crippen molar-refractivity contribution in [2.45, 2.75) is 141 Å². The number of rotatable bonds is 20. The fraction of sp³-hybridized carbons (Fsp3) is 0.682. The zero-order valence-electron chi connectivity index (χ0n) is 35.8. The number of amidine groups is 1. The van der Waals surface area contributed by atoms with Gasteiger partial charge in [0.05, 0.1) is 48.7 Å². The lowest BCUT2D eigenvalue weighted by Crippen LogP contribution is -2.60. The molecule has 2 bridgehead atoms. The third kappa shape index (κ3) is 11.4. The number of piperidine rings is 1. The number of ether oxygens (including phenoxy) is 2. The molecule has 1 aliphatic carbocycles. The SMILES string of the molecule is C=N/C(=N\C=C/C)[C@H](Cc1ccccc1)NC(=O)[C@H](C)[C@@H](OC)[C@@H]1CCCN1C(=O)C[C@@H](OC)[C@H]([C@@H](C)CC)N(C)C(=O)[C@@H](NC(=O)[C@H]1N[C@@H]2CC[C@H]1C2)C(C)C. The Bertz CT molecular complexity index is 1570. The molecule has 1 aromatic carbocycles. The summed E-state index contributed by atoms with van der Waals surface area (Å²) in [5.74, 6) is -0.755. The average molecular weight is 792 g/mol. The van der Waals surface area contributed by atoms with Crippen molar-refractivity contribution in [2.75, 3.05) is 27.8 Å². The summed E-state index contributed by atoms with van der Waals surface area (Å²) in [6.07, 6.45) is 8.04. The van der Waals surface area contributed by atoms with E-state index in [4.69, 9.17) is 9.47 Å². The molecule has 4 amide bonds. The van der Waals surface area contributed by atoms with Crippen molar-refractivity contribution >= 4 is 36.2 Å². The highest BCUT2D eigenvalue weighted by atomic mass is 16.5. The van der Waals surface area contributed by atoms with E-state index in [1.807, 2.05) is 62.9 Å².